The summed E-state index contributed by atoms with van der Waals surface area (Å²) in [5.74, 6) is 0.658. The number of furan rings is 1. The Kier molecular flexibility index (Phi) is 3.67. The van der Waals surface area contributed by atoms with E-state index in [0.29, 0.717) is 12.4 Å². The normalized spacial score (nSPS) is 11.9. The first-order chi connectivity index (χ1) is 11.7. The molecule has 0 bridgehead atoms. The standard InChI is InChI=1S/C20H17NO3/c1-23-12-16-7-9-19(24-16)20(22)21-15-6-8-18-14(11-15)10-13-4-2-3-5-17(13)18/h2-9,11H,10,12H2,1H3,(H,21,22). The minimum Gasteiger partial charge on any atom is -0.453 e. The number of benzene rings is 2. The van der Waals surface area contributed by atoms with E-state index in [1.807, 2.05) is 12.1 Å². The zero-order chi connectivity index (χ0) is 16.5. The highest BCUT2D eigenvalue weighted by Crippen LogP contribution is 2.37. The second-order valence-corrected chi connectivity index (χ2v) is 5.86. The molecule has 1 N–H and O–H groups in total. The quantitative estimate of drug-likeness (QED) is 0.612. The van der Waals surface area contributed by atoms with Crippen LogP contribution >= 0.6 is 0 Å². The van der Waals surface area contributed by atoms with Gasteiger partial charge in [-0.1, -0.05) is 30.3 Å². The minimum atomic E-state index is -0.257. The van der Waals surface area contributed by atoms with Gasteiger partial charge in [-0.25, -0.2) is 0 Å². The summed E-state index contributed by atoms with van der Waals surface area (Å²) in [4.78, 5) is 12.3. The lowest BCUT2D eigenvalue weighted by atomic mass is 10.1. The van der Waals surface area contributed by atoms with Gasteiger partial charge in [0.25, 0.3) is 5.91 Å². The first-order valence-electron chi connectivity index (χ1n) is 7.85. The molecule has 0 atom stereocenters. The molecule has 1 amide bonds. The highest BCUT2D eigenvalue weighted by atomic mass is 16.5. The molecule has 0 aliphatic heterocycles. The molecule has 4 rings (SSSR count). The molecule has 0 spiro atoms. The SMILES string of the molecule is COCc1ccc(C(=O)Nc2ccc3c(c2)Cc2ccccc2-3)o1. The average molecular weight is 319 g/mol. The van der Waals surface area contributed by atoms with Crippen LogP contribution in [0, 0.1) is 0 Å². The smallest absolute Gasteiger partial charge is 0.291 e. The molecule has 1 aliphatic rings. The number of fused-ring (bicyclic) bond motifs is 3. The molecule has 4 nitrogen and oxygen atoms in total. The number of hydrogen-bond donors (Lipinski definition) is 1. The van der Waals surface area contributed by atoms with Crippen molar-refractivity contribution in [2.45, 2.75) is 13.0 Å². The van der Waals surface area contributed by atoms with Crippen molar-refractivity contribution < 1.29 is 13.9 Å². The molecule has 3 aromatic rings. The van der Waals surface area contributed by atoms with Gasteiger partial charge in [-0.2, -0.15) is 0 Å². The molecule has 1 aliphatic carbocycles. The molecule has 0 radical (unpaired) electrons. The van der Waals surface area contributed by atoms with Crippen molar-refractivity contribution in [1.82, 2.24) is 0 Å². The van der Waals surface area contributed by atoms with E-state index in [4.69, 9.17) is 9.15 Å². The molecule has 4 heteroatoms. The van der Waals surface area contributed by atoms with Crippen LogP contribution in [0.2, 0.25) is 0 Å². The summed E-state index contributed by atoms with van der Waals surface area (Å²) in [5.41, 5.74) is 5.85. The van der Waals surface area contributed by atoms with Gasteiger partial charge in [-0.15, -0.1) is 0 Å². The Balaban J connectivity index is 1.54. The lowest BCUT2D eigenvalue weighted by molar-refractivity contribution is 0.0987. The van der Waals surface area contributed by atoms with Crippen molar-refractivity contribution in [2.24, 2.45) is 0 Å². The number of carbonyl (C=O) groups is 1. The van der Waals surface area contributed by atoms with Gasteiger partial charge in [0.05, 0.1) is 0 Å². The number of methoxy groups -OCH3 is 1. The van der Waals surface area contributed by atoms with Crippen molar-refractivity contribution >= 4 is 11.6 Å². The van der Waals surface area contributed by atoms with E-state index in [9.17, 15) is 4.79 Å². The van der Waals surface area contributed by atoms with Crippen molar-refractivity contribution in [3.8, 4) is 11.1 Å². The Labute approximate surface area is 140 Å². The second kappa shape index (κ2) is 5.98. The van der Waals surface area contributed by atoms with Crippen LogP contribution in [-0.4, -0.2) is 13.0 Å². The third-order valence-electron chi connectivity index (χ3n) is 4.22. The van der Waals surface area contributed by atoms with Crippen molar-refractivity contribution in [1.29, 1.82) is 0 Å². The van der Waals surface area contributed by atoms with Crippen LogP contribution in [0.1, 0.15) is 27.4 Å². The molecule has 1 aromatic heterocycles. The van der Waals surface area contributed by atoms with E-state index in [1.54, 1.807) is 19.2 Å². The Hall–Kier alpha value is -2.85. The van der Waals surface area contributed by atoms with E-state index in [-0.39, 0.29) is 11.7 Å². The molecular formula is C20H17NO3. The van der Waals surface area contributed by atoms with Crippen LogP contribution in [0.3, 0.4) is 0 Å². The number of amides is 1. The van der Waals surface area contributed by atoms with Crippen LogP contribution in [0.4, 0.5) is 5.69 Å². The van der Waals surface area contributed by atoms with Gasteiger partial charge in [-0.3, -0.25) is 4.79 Å². The van der Waals surface area contributed by atoms with Crippen LogP contribution in [0.25, 0.3) is 11.1 Å². The summed E-state index contributed by atoms with van der Waals surface area (Å²) < 4.78 is 10.5. The molecule has 0 saturated carbocycles. The molecule has 2 aromatic carbocycles. The predicted octanol–water partition coefficient (Wildman–Crippen LogP) is 4.25. The summed E-state index contributed by atoms with van der Waals surface area (Å²) in [6.07, 6.45) is 0.897. The molecule has 0 saturated heterocycles. The van der Waals surface area contributed by atoms with Crippen molar-refractivity contribution in [3.63, 3.8) is 0 Å². The van der Waals surface area contributed by atoms with Gasteiger partial charge in [-0.05, 0) is 52.9 Å². The number of rotatable bonds is 4. The number of ether oxygens (including phenoxy) is 1. The first-order valence-corrected chi connectivity index (χ1v) is 7.85. The lowest BCUT2D eigenvalue weighted by Crippen LogP contribution is -2.11. The van der Waals surface area contributed by atoms with E-state index < -0.39 is 0 Å². The first kappa shape index (κ1) is 14.7. The fourth-order valence-corrected chi connectivity index (χ4v) is 3.14. The molecular weight excluding hydrogens is 302 g/mol. The number of carbonyl (C=O) groups excluding carboxylic acids is 1. The van der Waals surface area contributed by atoms with E-state index in [1.165, 1.54) is 22.3 Å². The van der Waals surface area contributed by atoms with Gasteiger partial charge in [0.15, 0.2) is 5.76 Å². The van der Waals surface area contributed by atoms with Gasteiger partial charge in [0, 0.05) is 12.8 Å². The topological polar surface area (TPSA) is 51.5 Å². The van der Waals surface area contributed by atoms with Gasteiger partial charge >= 0.3 is 0 Å². The maximum absolute atomic E-state index is 12.3. The van der Waals surface area contributed by atoms with Gasteiger partial charge < -0.3 is 14.5 Å². The Morgan fingerprint density at radius 1 is 1.08 bits per heavy atom. The average Bonchev–Trinajstić information content (AvgIpc) is 3.19. The van der Waals surface area contributed by atoms with E-state index in [0.717, 1.165) is 12.1 Å². The highest BCUT2D eigenvalue weighted by Gasteiger charge is 2.19. The summed E-state index contributed by atoms with van der Waals surface area (Å²) in [6, 6.07) is 17.8. The maximum Gasteiger partial charge on any atom is 0.291 e. The summed E-state index contributed by atoms with van der Waals surface area (Å²) in [6.45, 7) is 0.352. The third kappa shape index (κ3) is 2.61. The molecule has 1 heterocycles. The van der Waals surface area contributed by atoms with Crippen LogP contribution < -0.4 is 5.32 Å². The fourth-order valence-electron chi connectivity index (χ4n) is 3.14. The van der Waals surface area contributed by atoms with E-state index in [2.05, 4.69) is 35.6 Å². The van der Waals surface area contributed by atoms with Gasteiger partial charge in [0.1, 0.15) is 12.4 Å². The largest absolute Gasteiger partial charge is 0.453 e. The summed E-state index contributed by atoms with van der Waals surface area (Å²) in [5, 5.41) is 2.90. The number of nitrogens with one attached hydrogen (secondary N) is 1. The lowest BCUT2D eigenvalue weighted by Gasteiger charge is -2.06. The monoisotopic (exact) mass is 319 g/mol. The molecule has 120 valence electrons. The number of anilines is 1. The molecule has 24 heavy (non-hydrogen) atoms. The third-order valence-corrected chi connectivity index (χ3v) is 4.22. The van der Waals surface area contributed by atoms with Crippen LogP contribution in [0.5, 0.6) is 0 Å². The summed E-state index contributed by atoms with van der Waals surface area (Å²) in [7, 11) is 1.59. The predicted molar refractivity (Wildman–Crippen MR) is 92.1 cm³/mol. The number of hydrogen-bond acceptors (Lipinski definition) is 3. The maximum atomic E-state index is 12.3. The van der Waals surface area contributed by atoms with Crippen LogP contribution in [0.15, 0.2) is 59.0 Å². The van der Waals surface area contributed by atoms with Crippen molar-refractivity contribution in [2.75, 3.05) is 12.4 Å². The van der Waals surface area contributed by atoms with Crippen molar-refractivity contribution in [3.05, 3.63) is 77.2 Å². The fraction of sp³-hybridized carbons (Fsp3) is 0.150. The Morgan fingerprint density at radius 3 is 2.79 bits per heavy atom. The molecule has 0 fully saturated rings. The minimum absolute atomic E-state index is 0.257. The zero-order valence-electron chi connectivity index (χ0n) is 13.3. The zero-order valence-corrected chi connectivity index (χ0v) is 13.3. The summed E-state index contributed by atoms with van der Waals surface area (Å²) >= 11 is 0. The van der Waals surface area contributed by atoms with Gasteiger partial charge in [0.2, 0.25) is 0 Å². The van der Waals surface area contributed by atoms with E-state index >= 15 is 0 Å². The molecule has 0 unspecified atom stereocenters. The second-order valence-electron chi connectivity index (χ2n) is 5.86. The Bertz CT molecular complexity index is 911. The van der Waals surface area contributed by atoms with Crippen LogP contribution in [-0.2, 0) is 17.8 Å². The Morgan fingerprint density at radius 2 is 1.92 bits per heavy atom. The highest BCUT2D eigenvalue weighted by molar-refractivity contribution is 6.02.